The zero-order valence-electron chi connectivity index (χ0n) is 11.7. The van der Waals surface area contributed by atoms with E-state index in [4.69, 9.17) is 5.11 Å². The molecule has 0 bridgehead atoms. The summed E-state index contributed by atoms with van der Waals surface area (Å²) in [5.41, 5.74) is -0.0244. The first-order chi connectivity index (χ1) is 9.31. The van der Waals surface area contributed by atoms with Gasteiger partial charge in [-0.2, -0.15) is 0 Å². The molecular formula is C13H20N2O4S. The molecule has 0 fully saturated rings. The topological polar surface area (TPSA) is 88.4 Å². The fourth-order valence-corrected chi connectivity index (χ4v) is 3.16. The van der Waals surface area contributed by atoms with Crippen LogP contribution in [0.3, 0.4) is 0 Å². The van der Waals surface area contributed by atoms with Crippen molar-refractivity contribution >= 4 is 16.0 Å². The monoisotopic (exact) mass is 300 g/mol. The molecule has 0 saturated carbocycles. The predicted molar refractivity (Wildman–Crippen MR) is 76.3 cm³/mol. The molecule has 6 nitrogen and oxygen atoms in total. The van der Waals surface area contributed by atoms with E-state index in [9.17, 15) is 13.2 Å². The van der Waals surface area contributed by atoms with Crippen LogP contribution >= 0.6 is 0 Å². The van der Waals surface area contributed by atoms with E-state index in [2.05, 4.69) is 11.3 Å². The highest BCUT2D eigenvalue weighted by Gasteiger charge is 2.22. The Bertz CT molecular complexity index is 590. The molecule has 0 aliphatic heterocycles. The molecule has 1 aromatic heterocycles. The highest BCUT2D eigenvalue weighted by atomic mass is 32.2. The molecule has 7 heteroatoms. The van der Waals surface area contributed by atoms with E-state index >= 15 is 0 Å². The maximum Gasteiger partial charge on any atom is 0.352 e. The van der Waals surface area contributed by atoms with Crippen molar-refractivity contribution in [1.29, 1.82) is 0 Å². The SMILES string of the molecule is C=CCC(C)NS(=O)(=O)c1cc(C(=O)O)n(CCC)c1. The van der Waals surface area contributed by atoms with Crippen molar-refractivity contribution in [2.45, 2.75) is 44.2 Å². The minimum absolute atomic E-state index is 0.0244. The van der Waals surface area contributed by atoms with Crippen LogP contribution in [0.1, 0.15) is 37.2 Å². The second-order valence-electron chi connectivity index (χ2n) is 4.61. The third-order valence-electron chi connectivity index (χ3n) is 2.74. The minimum atomic E-state index is -3.72. The van der Waals surface area contributed by atoms with Crippen LogP contribution in [0.5, 0.6) is 0 Å². The van der Waals surface area contributed by atoms with Crippen molar-refractivity contribution in [2.75, 3.05) is 0 Å². The van der Waals surface area contributed by atoms with Gasteiger partial charge in [-0.15, -0.1) is 6.58 Å². The molecule has 0 aliphatic carbocycles. The van der Waals surface area contributed by atoms with Crippen LogP contribution < -0.4 is 4.72 Å². The van der Waals surface area contributed by atoms with E-state index in [1.165, 1.54) is 16.8 Å². The molecule has 2 N–H and O–H groups in total. The van der Waals surface area contributed by atoms with Crippen LogP contribution in [-0.2, 0) is 16.6 Å². The van der Waals surface area contributed by atoms with Crippen LogP contribution in [-0.4, -0.2) is 30.1 Å². The van der Waals surface area contributed by atoms with Crippen molar-refractivity contribution in [3.8, 4) is 0 Å². The highest BCUT2D eigenvalue weighted by molar-refractivity contribution is 7.89. The molecule has 0 radical (unpaired) electrons. The molecule has 0 spiro atoms. The van der Waals surface area contributed by atoms with Crippen molar-refractivity contribution in [2.24, 2.45) is 0 Å². The summed E-state index contributed by atoms with van der Waals surface area (Å²) in [6, 6.07) is 0.890. The lowest BCUT2D eigenvalue weighted by Crippen LogP contribution is -2.31. The molecule has 0 aromatic carbocycles. The molecule has 0 aliphatic rings. The first kappa shape index (κ1) is 16.5. The van der Waals surface area contributed by atoms with Crippen molar-refractivity contribution in [1.82, 2.24) is 9.29 Å². The first-order valence-electron chi connectivity index (χ1n) is 6.38. The van der Waals surface area contributed by atoms with Crippen LogP contribution in [0.15, 0.2) is 29.8 Å². The molecule has 20 heavy (non-hydrogen) atoms. The lowest BCUT2D eigenvalue weighted by atomic mass is 10.3. The van der Waals surface area contributed by atoms with Crippen LogP contribution in [0, 0.1) is 0 Å². The maximum atomic E-state index is 12.2. The van der Waals surface area contributed by atoms with Gasteiger partial charge in [-0.05, 0) is 25.8 Å². The summed E-state index contributed by atoms with van der Waals surface area (Å²) in [5, 5.41) is 9.09. The molecule has 1 unspecified atom stereocenters. The third-order valence-corrected chi connectivity index (χ3v) is 4.30. The van der Waals surface area contributed by atoms with Gasteiger partial charge >= 0.3 is 5.97 Å². The Morgan fingerprint density at radius 3 is 2.75 bits per heavy atom. The van der Waals surface area contributed by atoms with Crippen LogP contribution in [0.4, 0.5) is 0 Å². The largest absolute Gasteiger partial charge is 0.477 e. The number of nitrogens with one attached hydrogen (secondary N) is 1. The Balaban J connectivity index is 3.09. The Kier molecular flexibility index (Phi) is 5.52. The third kappa shape index (κ3) is 3.94. The minimum Gasteiger partial charge on any atom is -0.477 e. The number of aromatic carboxylic acids is 1. The summed E-state index contributed by atoms with van der Waals surface area (Å²) in [7, 11) is -3.72. The maximum absolute atomic E-state index is 12.2. The summed E-state index contributed by atoms with van der Waals surface area (Å²) in [6.07, 6.45) is 4.20. The summed E-state index contributed by atoms with van der Waals surface area (Å²) in [4.78, 5) is 11.1. The second kappa shape index (κ2) is 6.71. The number of hydrogen-bond donors (Lipinski definition) is 2. The molecule has 1 heterocycles. The lowest BCUT2D eigenvalue weighted by Gasteiger charge is -2.10. The lowest BCUT2D eigenvalue weighted by molar-refractivity contribution is 0.0685. The van der Waals surface area contributed by atoms with Crippen molar-refractivity contribution < 1.29 is 18.3 Å². The van der Waals surface area contributed by atoms with Gasteiger partial charge in [-0.25, -0.2) is 17.9 Å². The number of hydrogen-bond acceptors (Lipinski definition) is 3. The number of carbonyl (C=O) groups is 1. The average Bonchev–Trinajstić information content (AvgIpc) is 2.74. The standard InChI is InChI=1S/C13H20N2O4S/c1-4-6-10(3)14-20(18,19)11-8-12(13(16)17)15(9-11)7-5-2/h4,8-10,14H,1,5-7H2,2-3H3,(H,16,17). The van der Waals surface area contributed by atoms with Gasteiger partial charge in [0, 0.05) is 18.8 Å². The number of sulfonamides is 1. The number of nitrogens with zero attached hydrogens (tertiary/aromatic N) is 1. The Hall–Kier alpha value is -1.60. The number of aryl methyl sites for hydroxylation is 1. The van der Waals surface area contributed by atoms with Crippen molar-refractivity contribution in [3.63, 3.8) is 0 Å². The van der Waals surface area contributed by atoms with Gasteiger partial charge in [0.05, 0.1) is 0 Å². The Labute approximate surface area is 119 Å². The fourth-order valence-electron chi connectivity index (χ4n) is 1.87. The van der Waals surface area contributed by atoms with Gasteiger partial charge in [-0.1, -0.05) is 13.0 Å². The molecule has 1 atom stereocenters. The average molecular weight is 300 g/mol. The number of carboxylic acid groups (broad SMARTS) is 1. The number of aromatic nitrogens is 1. The highest BCUT2D eigenvalue weighted by Crippen LogP contribution is 2.16. The number of rotatable bonds is 8. The van der Waals surface area contributed by atoms with Gasteiger partial charge in [0.15, 0.2) is 0 Å². The van der Waals surface area contributed by atoms with Crippen molar-refractivity contribution in [3.05, 3.63) is 30.6 Å². The second-order valence-corrected chi connectivity index (χ2v) is 6.32. The molecule has 0 amide bonds. The first-order valence-corrected chi connectivity index (χ1v) is 7.86. The van der Waals surface area contributed by atoms with Crippen LogP contribution in [0.25, 0.3) is 0 Å². The molecule has 0 saturated heterocycles. The molecule has 1 aromatic rings. The van der Waals surface area contributed by atoms with Gasteiger partial charge in [0.25, 0.3) is 0 Å². The molecule has 112 valence electrons. The van der Waals surface area contributed by atoms with Gasteiger partial charge in [0.2, 0.25) is 10.0 Å². The molecule has 1 rings (SSSR count). The zero-order valence-corrected chi connectivity index (χ0v) is 12.5. The van der Waals surface area contributed by atoms with Crippen LogP contribution in [0.2, 0.25) is 0 Å². The number of carboxylic acids is 1. The Morgan fingerprint density at radius 1 is 1.60 bits per heavy atom. The molecular weight excluding hydrogens is 280 g/mol. The van der Waals surface area contributed by atoms with Gasteiger partial charge in [0.1, 0.15) is 10.6 Å². The smallest absolute Gasteiger partial charge is 0.352 e. The predicted octanol–water partition coefficient (Wildman–Crippen LogP) is 1.84. The fraction of sp³-hybridized carbons (Fsp3) is 0.462. The zero-order chi connectivity index (χ0) is 15.3. The van der Waals surface area contributed by atoms with E-state index in [0.717, 1.165) is 6.42 Å². The summed E-state index contributed by atoms with van der Waals surface area (Å²) >= 11 is 0. The summed E-state index contributed by atoms with van der Waals surface area (Å²) in [6.45, 7) is 7.63. The van der Waals surface area contributed by atoms with Gasteiger partial charge in [-0.3, -0.25) is 0 Å². The van der Waals surface area contributed by atoms with E-state index in [1.54, 1.807) is 13.0 Å². The normalized spacial score (nSPS) is 13.1. The van der Waals surface area contributed by atoms with E-state index in [-0.39, 0.29) is 16.6 Å². The van der Waals surface area contributed by atoms with E-state index < -0.39 is 16.0 Å². The van der Waals surface area contributed by atoms with E-state index in [1.807, 2.05) is 6.92 Å². The van der Waals surface area contributed by atoms with Gasteiger partial charge < -0.3 is 9.67 Å². The quantitative estimate of drug-likeness (QED) is 0.717. The Morgan fingerprint density at radius 2 is 2.25 bits per heavy atom. The summed E-state index contributed by atoms with van der Waals surface area (Å²) < 4.78 is 28.2. The van der Waals surface area contributed by atoms with E-state index in [0.29, 0.717) is 13.0 Å². The summed E-state index contributed by atoms with van der Waals surface area (Å²) in [5.74, 6) is -1.14.